The van der Waals surface area contributed by atoms with E-state index in [4.69, 9.17) is 5.73 Å². The molecule has 0 aliphatic rings. The second-order valence-corrected chi connectivity index (χ2v) is 4.79. The lowest BCUT2D eigenvalue weighted by atomic mass is 9.87. The van der Waals surface area contributed by atoms with Crippen molar-refractivity contribution >= 4 is 5.69 Å². The van der Waals surface area contributed by atoms with Crippen molar-refractivity contribution in [1.82, 2.24) is 4.98 Å². The third-order valence-electron chi connectivity index (χ3n) is 2.05. The molecule has 0 saturated carbocycles. The molecule has 1 rings (SSSR count). The fourth-order valence-electron chi connectivity index (χ4n) is 1.39. The highest BCUT2D eigenvalue weighted by molar-refractivity contribution is 5.45. The molecule has 0 bridgehead atoms. The Morgan fingerprint density at radius 1 is 1.50 bits per heavy atom. The topological polar surface area (TPSA) is 59.1 Å². The fourth-order valence-corrected chi connectivity index (χ4v) is 1.39. The van der Waals surface area contributed by atoms with Crippen molar-refractivity contribution in [2.24, 2.45) is 5.41 Å². The first-order valence-electron chi connectivity index (χ1n) is 4.77. The van der Waals surface area contributed by atoms with Crippen LogP contribution in [0, 0.1) is 5.41 Å². The molecule has 0 radical (unpaired) electrons. The molecule has 3 heteroatoms. The number of rotatable bonds is 2. The molecule has 0 amide bonds. The Kier molecular flexibility index (Phi) is 3.11. The SMILES string of the molecule is CC(C)(C)CC(O)c1cnccc1N. The minimum Gasteiger partial charge on any atom is -0.398 e. The quantitative estimate of drug-likeness (QED) is 0.758. The maximum atomic E-state index is 9.92. The van der Waals surface area contributed by atoms with Crippen LogP contribution >= 0.6 is 0 Å². The number of nitrogen functional groups attached to an aromatic ring is 1. The van der Waals surface area contributed by atoms with Crippen LogP contribution in [-0.2, 0) is 0 Å². The van der Waals surface area contributed by atoms with E-state index in [0.29, 0.717) is 12.1 Å². The molecule has 14 heavy (non-hydrogen) atoms. The van der Waals surface area contributed by atoms with Crippen LogP contribution in [0.3, 0.4) is 0 Å². The summed E-state index contributed by atoms with van der Waals surface area (Å²) in [6, 6.07) is 1.71. The Labute approximate surface area is 85.0 Å². The van der Waals surface area contributed by atoms with E-state index in [-0.39, 0.29) is 5.41 Å². The highest BCUT2D eigenvalue weighted by Gasteiger charge is 2.19. The zero-order valence-corrected chi connectivity index (χ0v) is 8.99. The maximum absolute atomic E-state index is 9.92. The average Bonchev–Trinajstić information content (AvgIpc) is 2.01. The lowest BCUT2D eigenvalue weighted by Gasteiger charge is -2.22. The average molecular weight is 194 g/mol. The Bertz CT molecular complexity index is 304. The first-order chi connectivity index (χ1) is 6.40. The molecule has 1 unspecified atom stereocenters. The normalized spacial score (nSPS) is 14.0. The molecule has 0 spiro atoms. The summed E-state index contributed by atoms with van der Waals surface area (Å²) in [5.74, 6) is 0. The molecule has 3 N–H and O–H groups in total. The molecular formula is C11H18N2O. The van der Waals surface area contributed by atoms with Crippen LogP contribution in [0.5, 0.6) is 0 Å². The molecule has 0 saturated heterocycles. The molecule has 3 nitrogen and oxygen atoms in total. The van der Waals surface area contributed by atoms with Gasteiger partial charge in [0.05, 0.1) is 6.10 Å². The molecule has 0 fully saturated rings. The van der Waals surface area contributed by atoms with Crippen molar-refractivity contribution in [2.45, 2.75) is 33.3 Å². The summed E-state index contributed by atoms with van der Waals surface area (Å²) in [6.07, 6.45) is 3.42. The van der Waals surface area contributed by atoms with Gasteiger partial charge in [-0.25, -0.2) is 0 Å². The third kappa shape index (κ3) is 3.00. The lowest BCUT2D eigenvalue weighted by Crippen LogP contribution is -2.13. The summed E-state index contributed by atoms with van der Waals surface area (Å²) >= 11 is 0. The number of hydrogen-bond acceptors (Lipinski definition) is 3. The highest BCUT2D eigenvalue weighted by atomic mass is 16.3. The largest absolute Gasteiger partial charge is 0.398 e. The van der Waals surface area contributed by atoms with Gasteiger partial charge in [0.15, 0.2) is 0 Å². The molecule has 78 valence electrons. The van der Waals surface area contributed by atoms with Gasteiger partial charge in [-0.3, -0.25) is 4.98 Å². The molecular weight excluding hydrogens is 176 g/mol. The summed E-state index contributed by atoms with van der Waals surface area (Å²) in [5, 5.41) is 9.92. The Balaban J connectivity index is 2.80. The van der Waals surface area contributed by atoms with Crippen LogP contribution in [0.1, 0.15) is 38.9 Å². The first kappa shape index (κ1) is 11.0. The van der Waals surface area contributed by atoms with Crippen molar-refractivity contribution in [3.05, 3.63) is 24.0 Å². The monoisotopic (exact) mass is 194 g/mol. The highest BCUT2D eigenvalue weighted by Crippen LogP contribution is 2.31. The van der Waals surface area contributed by atoms with E-state index in [9.17, 15) is 5.11 Å². The van der Waals surface area contributed by atoms with Crippen molar-refractivity contribution < 1.29 is 5.11 Å². The minimum atomic E-state index is -0.524. The molecule has 1 heterocycles. The van der Waals surface area contributed by atoms with Gasteiger partial charge in [0.2, 0.25) is 0 Å². The Hall–Kier alpha value is -1.09. The zero-order chi connectivity index (χ0) is 10.8. The summed E-state index contributed by atoms with van der Waals surface area (Å²) in [7, 11) is 0. The number of aliphatic hydroxyl groups is 1. The van der Waals surface area contributed by atoms with E-state index in [1.54, 1.807) is 18.5 Å². The number of hydrogen-bond donors (Lipinski definition) is 2. The van der Waals surface area contributed by atoms with Gasteiger partial charge in [-0.2, -0.15) is 0 Å². The molecule has 0 aliphatic heterocycles. The summed E-state index contributed by atoms with van der Waals surface area (Å²) in [5.41, 5.74) is 7.16. The minimum absolute atomic E-state index is 0.0850. The van der Waals surface area contributed by atoms with Crippen molar-refractivity contribution in [3.63, 3.8) is 0 Å². The molecule has 0 aliphatic carbocycles. The molecule has 0 aromatic carbocycles. The second-order valence-electron chi connectivity index (χ2n) is 4.79. The predicted molar refractivity (Wildman–Crippen MR) is 57.7 cm³/mol. The van der Waals surface area contributed by atoms with Gasteiger partial charge in [0.25, 0.3) is 0 Å². The Morgan fingerprint density at radius 2 is 2.14 bits per heavy atom. The van der Waals surface area contributed by atoms with Gasteiger partial charge in [-0.05, 0) is 17.9 Å². The van der Waals surface area contributed by atoms with Crippen molar-refractivity contribution in [2.75, 3.05) is 5.73 Å². The first-order valence-corrected chi connectivity index (χ1v) is 4.77. The van der Waals surface area contributed by atoms with E-state index < -0.39 is 6.10 Å². The van der Waals surface area contributed by atoms with Gasteiger partial charge in [0, 0.05) is 23.6 Å². The van der Waals surface area contributed by atoms with E-state index in [2.05, 4.69) is 25.8 Å². The van der Waals surface area contributed by atoms with Crippen molar-refractivity contribution in [3.8, 4) is 0 Å². The van der Waals surface area contributed by atoms with Crippen LogP contribution in [0.4, 0.5) is 5.69 Å². The van der Waals surface area contributed by atoms with E-state index in [1.807, 2.05) is 0 Å². The van der Waals surface area contributed by atoms with Crippen LogP contribution in [0.25, 0.3) is 0 Å². The van der Waals surface area contributed by atoms with E-state index in [0.717, 1.165) is 5.56 Å². The maximum Gasteiger partial charge on any atom is 0.0830 e. The number of aliphatic hydroxyl groups excluding tert-OH is 1. The van der Waals surface area contributed by atoms with Gasteiger partial charge >= 0.3 is 0 Å². The number of aromatic nitrogens is 1. The predicted octanol–water partition coefficient (Wildman–Crippen LogP) is 2.13. The second kappa shape index (κ2) is 3.96. The number of anilines is 1. The molecule has 1 aromatic rings. The van der Waals surface area contributed by atoms with Gasteiger partial charge in [0.1, 0.15) is 0 Å². The molecule has 1 aromatic heterocycles. The standard InChI is InChI=1S/C11H18N2O/c1-11(2,3)6-10(14)8-7-13-5-4-9(8)12/h4-5,7,10,14H,6H2,1-3H3,(H2,12,13). The van der Waals surface area contributed by atoms with E-state index in [1.165, 1.54) is 0 Å². The van der Waals surface area contributed by atoms with Crippen LogP contribution < -0.4 is 5.73 Å². The molecule has 1 atom stereocenters. The van der Waals surface area contributed by atoms with Crippen LogP contribution in [0.15, 0.2) is 18.5 Å². The van der Waals surface area contributed by atoms with Crippen LogP contribution in [0.2, 0.25) is 0 Å². The fraction of sp³-hybridized carbons (Fsp3) is 0.545. The third-order valence-corrected chi connectivity index (χ3v) is 2.05. The van der Waals surface area contributed by atoms with Gasteiger partial charge < -0.3 is 10.8 Å². The number of nitrogens with two attached hydrogens (primary N) is 1. The van der Waals surface area contributed by atoms with Crippen molar-refractivity contribution in [1.29, 1.82) is 0 Å². The van der Waals surface area contributed by atoms with Gasteiger partial charge in [-0.15, -0.1) is 0 Å². The van der Waals surface area contributed by atoms with E-state index >= 15 is 0 Å². The zero-order valence-electron chi connectivity index (χ0n) is 8.99. The number of nitrogens with zero attached hydrogens (tertiary/aromatic N) is 1. The Morgan fingerprint density at radius 3 is 2.64 bits per heavy atom. The summed E-state index contributed by atoms with van der Waals surface area (Å²) in [4.78, 5) is 3.96. The lowest BCUT2D eigenvalue weighted by molar-refractivity contribution is 0.122. The summed E-state index contributed by atoms with van der Waals surface area (Å²) < 4.78 is 0. The summed E-state index contributed by atoms with van der Waals surface area (Å²) in [6.45, 7) is 6.26. The van der Waals surface area contributed by atoms with Gasteiger partial charge in [-0.1, -0.05) is 20.8 Å². The van der Waals surface area contributed by atoms with Crippen LogP contribution in [-0.4, -0.2) is 10.1 Å². The smallest absolute Gasteiger partial charge is 0.0830 e. The number of pyridine rings is 1.